The molecule has 0 bridgehead atoms. The van der Waals surface area contributed by atoms with Crippen molar-refractivity contribution in [1.82, 2.24) is 0 Å². The SMILES string of the molecule is C=CCOc1ccc([Si](C)(OCC)OCC)cc1. The molecule has 1 aromatic carbocycles. The average molecular weight is 266 g/mol. The first-order valence-corrected chi connectivity index (χ1v) is 8.60. The minimum atomic E-state index is -2.26. The summed E-state index contributed by atoms with van der Waals surface area (Å²) in [5.41, 5.74) is 0. The molecule has 0 saturated carbocycles. The van der Waals surface area contributed by atoms with E-state index < -0.39 is 8.56 Å². The van der Waals surface area contributed by atoms with Crippen LogP contribution in [0.1, 0.15) is 13.8 Å². The maximum absolute atomic E-state index is 5.84. The summed E-state index contributed by atoms with van der Waals surface area (Å²) in [6, 6.07) is 7.94. The number of hydrogen-bond donors (Lipinski definition) is 0. The first-order chi connectivity index (χ1) is 8.66. The minimum Gasteiger partial charge on any atom is -0.490 e. The lowest BCUT2D eigenvalue weighted by Gasteiger charge is -2.26. The third-order valence-electron chi connectivity index (χ3n) is 2.59. The molecule has 4 heteroatoms. The highest BCUT2D eigenvalue weighted by Gasteiger charge is 2.33. The first kappa shape index (κ1) is 15.0. The van der Waals surface area contributed by atoms with Gasteiger partial charge < -0.3 is 13.6 Å². The Labute approximate surface area is 111 Å². The molecule has 1 aromatic rings. The lowest BCUT2D eigenvalue weighted by Crippen LogP contribution is -2.51. The molecule has 0 aromatic heterocycles. The Morgan fingerprint density at radius 3 is 2.11 bits per heavy atom. The molecule has 0 aliphatic carbocycles. The third-order valence-corrected chi connectivity index (χ3v) is 5.65. The van der Waals surface area contributed by atoms with Crippen LogP contribution in [0.2, 0.25) is 6.55 Å². The van der Waals surface area contributed by atoms with Crippen LogP contribution < -0.4 is 9.92 Å². The van der Waals surface area contributed by atoms with Gasteiger partial charge in [-0.25, -0.2) is 0 Å². The van der Waals surface area contributed by atoms with Crippen molar-refractivity contribution in [2.24, 2.45) is 0 Å². The van der Waals surface area contributed by atoms with E-state index in [1.165, 1.54) is 0 Å². The lowest BCUT2D eigenvalue weighted by molar-refractivity contribution is 0.202. The molecule has 0 amide bonds. The van der Waals surface area contributed by atoms with E-state index in [-0.39, 0.29) is 0 Å². The maximum atomic E-state index is 5.84. The fraction of sp³-hybridized carbons (Fsp3) is 0.429. The highest BCUT2D eigenvalue weighted by molar-refractivity contribution is 6.79. The van der Waals surface area contributed by atoms with E-state index in [0.717, 1.165) is 10.9 Å². The average Bonchev–Trinajstić information content (AvgIpc) is 2.37. The van der Waals surface area contributed by atoms with Gasteiger partial charge in [-0.1, -0.05) is 24.8 Å². The van der Waals surface area contributed by atoms with Crippen LogP contribution in [-0.4, -0.2) is 28.4 Å². The van der Waals surface area contributed by atoms with Crippen LogP contribution in [0, 0.1) is 0 Å². The summed E-state index contributed by atoms with van der Waals surface area (Å²) in [6.07, 6.45) is 1.73. The van der Waals surface area contributed by atoms with E-state index in [0.29, 0.717) is 19.8 Å². The molecule has 0 heterocycles. The molecule has 0 fully saturated rings. The Balaban J connectivity index is 2.82. The quantitative estimate of drug-likeness (QED) is 0.535. The van der Waals surface area contributed by atoms with Crippen LogP contribution in [-0.2, 0) is 8.85 Å². The highest BCUT2D eigenvalue weighted by atomic mass is 28.4. The van der Waals surface area contributed by atoms with Crippen molar-refractivity contribution in [3.05, 3.63) is 36.9 Å². The van der Waals surface area contributed by atoms with Crippen molar-refractivity contribution < 1.29 is 13.6 Å². The molecule has 0 aliphatic rings. The Kier molecular flexibility index (Phi) is 6.11. The Bertz CT molecular complexity index is 356. The largest absolute Gasteiger partial charge is 0.490 e. The summed E-state index contributed by atoms with van der Waals surface area (Å²) >= 11 is 0. The molecule has 0 atom stereocenters. The van der Waals surface area contributed by atoms with E-state index in [4.69, 9.17) is 13.6 Å². The maximum Gasteiger partial charge on any atom is 0.369 e. The molecule has 1 rings (SSSR count). The highest BCUT2D eigenvalue weighted by Crippen LogP contribution is 2.13. The molecule has 0 aliphatic heterocycles. The molecule has 0 spiro atoms. The second kappa shape index (κ2) is 7.36. The second-order valence-corrected chi connectivity index (χ2v) is 6.98. The summed E-state index contributed by atoms with van der Waals surface area (Å²) in [5, 5.41) is 1.12. The number of hydrogen-bond acceptors (Lipinski definition) is 3. The van der Waals surface area contributed by atoms with Crippen molar-refractivity contribution in [3.8, 4) is 5.75 Å². The minimum absolute atomic E-state index is 0.519. The van der Waals surface area contributed by atoms with Gasteiger partial charge in [0.25, 0.3) is 0 Å². The molecule has 3 nitrogen and oxygen atoms in total. The Hall–Kier alpha value is -1.10. The van der Waals surface area contributed by atoms with E-state index in [2.05, 4.69) is 13.1 Å². The van der Waals surface area contributed by atoms with Crippen LogP contribution in [0.4, 0.5) is 0 Å². The number of rotatable bonds is 8. The van der Waals surface area contributed by atoms with Crippen molar-refractivity contribution >= 4 is 13.7 Å². The summed E-state index contributed by atoms with van der Waals surface area (Å²) in [6.45, 7) is 11.5. The smallest absolute Gasteiger partial charge is 0.369 e. The zero-order chi connectivity index (χ0) is 13.4. The van der Waals surface area contributed by atoms with Crippen molar-refractivity contribution in [3.63, 3.8) is 0 Å². The van der Waals surface area contributed by atoms with Gasteiger partial charge in [0.1, 0.15) is 12.4 Å². The summed E-state index contributed by atoms with van der Waals surface area (Å²) < 4.78 is 17.1. The fourth-order valence-electron chi connectivity index (χ4n) is 1.77. The Morgan fingerprint density at radius 1 is 1.11 bits per heavy atom. The normalized spacial score (nSPS) is 11.3. The van der Waals surface area contributed by atoms with E-state index >= 15 is 0 Å². The summed E-state index contributed by atoms with van der Waals surface area (Å²) in [7, 11) is -2.26. The predicted octanol–water partition coefficient (Wildman–Crippen LogP) is 2.60. The van der Waals surface area contributed by atoms with E-state index in [1.54, 1.807) is 6.08 Å². The van der Waals surface area contributed by atoms with Crippen molar-refractivity contribution in [1.29, 1.82) is 0 Å². The van der Waals surface area contributed by atoms with Crippen LogP contribution in [0.15, 0.2) is 36.9 Å². The molecular weight excluding hydrogens is 244 g/mol. The topological polar surface area (TPSA) is 27.7 Å². The first-order valence-electron chi connectivity index (χ1n) is 6.28. The van der Waals surface area contributed by atoms with Gasteiger partial charge in [-0.15, -0.1) is 0 Å². The number of benzene rings is 1. The molecule has 0 unspecified atom stereocenters. The van der Waals surface area contributed by atoms with Crippen molar-refractivity contribution in [2.45, 2.75) is 20.4 Å². The van der Waals surface area contributed by atoms with Gasteiger partial charge in [-0.2, -0.15) is 0 Å². The summed E-state index contributed by atoms with van der Waals surface area (Å²) in [5.74, 6) is 0.836. The van der Waals surface area contributed by atoms with Gasteiger partial charge >= 0.3 is 8.56 Å². The molecule has 100 valence electrons. The second-order valence-electron chi connectivity index (χ2n) is 3.94. The zero-order valence-corrected chi connectivity index (χ0v) is 12.4. The summed E-state index contributed by atoms with van der Waals surface area (Å²) in [4.78, 5) is 0. The third kappa shape index (κ3) is 3.98. The molecule has 0 saturated heterocycles. The fourth-order valence-corrected chi connectivity index (χ4v) is 4.06. The van der Waals surface area contributed by atoms with Crippen LogP contribution in [0.25, 0.3) is 0 Å². The van der Waals surface area contributed by atoms with Gasteiger partial charge in [0, 0.05) is 13.2 Å². The van der Waals surface area contributed by atoms with Gasteiger partial charge in [-0.3, -0.25) is 0 Å². The standard InChI is InChI=1S/C14H22O3Si/c1-5-12-15-13-8-10-14(11-9-13)18(4,16-6-2)17-7-3/h5,8-11H,1,6-7,12H2,2-4H3. The molecule has 0 N–H and O–H groups in total. The Morgan fingerprint density at radius 2 is 1.67 bits per heavy atom. The van der Waals surface area contributed by atoms with Gasteiger partial charge in [-0.05, 0) is 37.7 Å². The molecule has 0 radical (unpaired) electrons. The van der Waals surface area contributed by atoms with Crippen LogP contribution >= 0.6 is 0 Å². The van der Waals surface area contributed by atoms with Gasteiger partial charge in [0.05, 0.1) is 0 Å². The lowest BCUT2D eigenvalue weighted by atomic mass is 10.3. The molecular formula is C14H22O3Si. The number of ether oxygens (including phenoxy) is 1. The van der Waals surface area contributed by atoms with Crippen LogP contribution in [0.3, 0.4) is 0 Å². The van der Waals surface area contributed by atoms with Gasteiger partial charge in [0.2, 0.25) is 0 Å². The van der Waals surface area contributed by atoms with Crippen molar-refractivity contribution in [2.75, 3.05) is 19.8 Å². The predicted molar refractivity (Wildman–Crippen MR) is 76.6 cm³/mol. The molecule has 18 heavy (non-hydrogen) atoms. The van der Waals surface area contributed by atoms with E-state index in [1.807, 2.05) is 38.1 Å². The monoisotopic (exact) mass is 266 g/mol. The van der Waals surface area contributed by atoms with E-state index in [9.17, 15) is 0 Å². The van der Waals surface area contributed by atoms with Gasteiger partial charge in [0.15, 0.2) is 0 Å². The zero-order valence-electron chi connectivity index (χ0n) is 11.4. The van der Waals surface area contributed by atoms with Crippen LogP contribution in [0.5, 0.6) is 5.75 Å².